The maximum atomic E-state index is 12.3. The number of nitrogens with zero attached hydrogens (tertiary/aromatic N) is 2. The monoisotopic (exact) mass is 441 g/mol. The molecular weight excluding hydrogens is 418 g/mol. The lowest BCUT2D eigenvalue weighted by Crippen LogP contribution is -2.17. The molecule has 0 atom stereocenters. The van der Waals surface area contributed by atoms with Crippen LogP contribution < -0.4 is 15.5 Å². The van der Waals surface area contributed by atoms with Crippen LogP contribution in [0.2, 0.25) is 0 Å². The average Bonchev–Trinajstić information content (AvgIpc) is 3.08. The van der Waals surface area contributed by atoms with Crippen LogP contribution >= 0.6 is 11.3 Å². The summed E-state index contributed by atoms with van der Waals surface area (Å²) in [5.41, 5.74) is 2.08. The molecule has 12 heteroatoms. The highest BCUT2D eigenvalue weighted by atomic mass is 32.2. The number of sulfonamides is 1. The van der Waals surface area contributed by atoms with Crippen molar-refractivity contribution in [3.05, 3.63) is 29.3 Å². The Morgan fingerprint density at radius 3 is 2.17 bits per heavy atom. The number of anilines is 2. The van der Waals surface area contributed by atoms with Crippen molar-refractivity contribution in [3.8, 4) is 0 Å². The van der Waals surface area contributed by atoms with E-state index in [1.165, 1.54) is 24.3 Å². The summed E-state index contributed by atoms with van der Waals surface area (Å²) in [5.74, 6) is -0.585. The number of hydroxylamine groups is 1. The highest BCUT2D eigenvalue weighted by molar-refractivity contribution is 7.93. The van der Waals surface area contributed by atoms with Crippen LogP contribution in [-0.2, 0) is 19.6 Å². The second-order valence-corrected chi connectivity index (χ2v) is 9.12. The first-order valence-corrected chi connectivity index (χ1v) is 11.3. The zero-order valence-corrected chi connectivity index (χ0v) is 17.5. The van der Waals surface area contributed by atoms with E-state index in [9.17, 15) is 18.0 Å². The largest absolute Gasteiger partial charge is 0.326 e. The summed E-state index contributed by atoms with van der Waals surface area (Å²) < 4.78 is 27.0. The van der Waals surface area contributed by atoms with Crippen LogP contribution in [0.25, 0.3) is 0 Å². The number of hydrogen-bond donors (Lipinski definition) is 4. The summed E-state index contributed by atoms with van der Waals surface area (Å²) in [4.78, 5) is 22.9. The Balaban J connectivity index is 1.76. The summed E-state index contributed by atoms with van der Waals surface area (Å²) in [7, 11) is -3.78. The van der Waals surface area contributed by atoms with Gasteiger partial charge >= 0.3 is 0 Å². The Morgan fingerprint density at radius 2 is 1.62 bits per heavy atom. The fraction of sp³-hybridized carbons (Fsp3) is 0.412. The van der Waals surface area contributed by atoms with Gasteiger partial charge in [-0.1, -0.05) is 24.2 Å². The molecule has 0 bridgehead atoms. The van der Waals surface area contributed by atoms with Gasteiger partial charge in [-0.3, -0.25) is 19.5 Å². The van der Waals surface area contributed by atoms with Crippen molar-refractivity contribution in [2.75, 3.05) is 10.0 Å². The normalized spacial score (nSPS) is 11.1. The van der Waals surface area contributed by atoms with Gasteiger partial charge in [0.1, 0.15) is 5.01 Å². The maximum absolute atomic E-state index is 12.3. The topological polar surface area (TPSA) is 150 Å². The van der Waals surface area contributed by atoms with Crippen LogP contribution in [0.4, 0.5) is 10.8 Å². The van der Waals surface area contributed by atoms with Crippen LogP contribution in [0.5, 0.6) is 0 Å². The summed E-state index contributed by atoms with van der Waals surface area (Å²) in [6, 6.07) is 5.84. The minimum atomic E-state index is -3.78. The first-order valence-electron chi connectivity index (χ1n) is 8.96. The van der Waals surface area contributed by atoms with Gasteiger partial charge < -0.3 is 5.32 Å². The van der Waals surface area contributed by atoms with Gasteiger partial charge in [-0.25, -0.2) is 13.9 Å². The molecule has 0 saturated carbocycles. The highest BCUT2D eigenvalue weighted by Crippen LogP contribution is 2.20. The minimum absolute atomic E-state index is 0.0512. The quantitative estimate of drug-likeness (QED) is 0.237. The third-order valence-corrected chi connectivity index (χ3v) is 6.12. The lowest BCUT2D eigenvalue weighted by atomic mass is 10.1. The average molecular weight is 442 g/mol. The molecule has 0 fully saturated rings. The summed E-state index contributed by atoms with van der Waals surface area (Å²) in [5, 5.41) is 19.4. The van der Waals surface area contributed by atoms with Gasteiger partial charge in [-0.2, -0.15) is 0 Å². The van der Waals surface area contributed by atoms with Gasteiger partial charge in [0.2, 0.25) is 16.9 Å². The van der Waals surface area contributed by atoms with E-state index in [0.717, 1.165) is 24.2 Å². The van der Waals surface area contributed by atoms with Crippen molar-refractivity contribution >= 4 is 44.0 Å². The summed E-state index contributed by atoms with van der Waals surface area (Å²) in [6.45, 7) is 1.72. The molecule has 0 aliphatic heterocycles. The number of unbranched alkanes of at least 4 members (excludes halogenated alkanes) is 3. The number of amides is 2. The predicted molar refractivity (Wildman–Crippen MR) is 108 cm³/mol. The molecule has 1 heterocycles. The molecule has 29 heavy (non-hydrogen) atoms. The predicted octanol–water partition coefficient (Wildman–Crippen LogP) is 2.43. The number of carbonyl (C=O) groups is 2. The number of nitrogens with one attached hydrogen (secondary N) is 3. The fourth-order valence-corrected chi connectivity index (χ4v) is 4.26. The molecule has 2 amide bonds. The smallest absolute Gasteiger partial charge is 0.263 e. The molecular formula is C17H23N5O5S2. The van der Waals surface area contributed by atoms with E-state index >= 15 is 0 Å². The number of carbonyl (C=O) groups excluding carboxylic acids is 2. The molecule has 4 N–H and O–H groups in total. The SMILES string of the molecule is Cc1nnc(NS(=O)(=O)c2ccc(NC(=O)CCCCCCC(=O)NO)cc2)s1. The van der Waals surface area contributed by atoms with Crippen molar-refractivity contribution in [2.24, 2.45) is 0 Å². The Bertz CT molecular complexity index is 928. The Morgan fingerprint density at radius 1 is 1.00 bits per heavy atom. The molecule has 0 saturated heterocycles. The van der Waals surface area contributed by atoms with E-state index in [-0.39, 0.29) is 22.4 Å². The van der Waals surface area contributed by atoms with Crippen molar-refractivity contribution in [1.29, 1.82) is 0 Å². The third kappa shape index (κ3) is 7.75. The molecule has 0 aliphatic carbocycles. The van der Waals surface area contributed by atoms with Crippen LogP contribution in [-0.4, -0.2) is 35.6 Å². The van der Waals surface area contributed by atoms with Crippen LogP contribution in [0, 0.1) is 6.92 Å². The molecule has 0 spiro atoms. The first-order chi connectivity index (χ1) is 13.8. The second-order valence-electron chi connectivity index (χ2n) is 6.25. The van der Waals surface area contributed by atoms with E-state index in [4.69, 9.17) is 5.21 Å². The molecule has 1 aromatic heterocycles. The second kappa shape index (κ2) is 10.8. The molecule has 2 rings (SSSR count). The zero-order valence-electron chi connectivity index (χ0n) is 15.8. The number of aromatic nitrogens is 2. The van der Waals surface area contributed by atoms with E-state index in [0.29, 0.717) is 30.0 Å². The number of hydrogen-bond acceptors (Lipinski definition) is 8. The van der Waals surface area contributed by atoms with Gasteiger partial charge in [0.25, 0.3) is 10.0 Å². The summed E-state index contributed by atoms with van der Waals surface area (Å²) in [6.07, 6.45) is 3.48. The molecule has 0 unspecified atom stereocenters. The van der Waals surface area contributed by atoms with Gasteiger partial charge in [0.05, 0.1) is 4.90 Å². The van der Waals surface area contributed by atoms with E-state index in [2.05, 4.69) is 20.2 Å². The van der Waals surface area contributed by atoms with Crippen molar-refractivity contribution < 1.29 is 23.2 Å². The van der Waals surface area contributed by atoms with Crippen LogP contribution in [0.3, 0.4) is 0 Å². The Kier molecular flexibility index (Phi) is 8.49. The van der Waals surface area contributed by atoms with Crippen molar-refractivity contribution in [1.82, 2.24) is 15.7 Å². The van der Waals surface area contributed by atoms with Crippen molar-refractivity contribution in [3.63, 3.8) is 0 Å². The van der Waals surface area contributed by atoms with Gasteiger partial charge in [0, 0.05) is 18.5 Å². The maximum Gasteiger partial charge on any atom is 0.263 e. The standard InChI is InChI=1S/C17H23N5O5S2/c1-12-19-20-17(28-12)22-29(26,27)14-10-8-13(9-11-14)18-15(23)6-4-2-3-5-7-16(24)21-25/h8-11,25H,2-7H2,1H3,(H,18,23)(H,20,22)(H,21,24). The minimum Gasteiger partial charge on any atom is -0.326 e. The lowest BCUT2D eigenvalue weighted by Gasteiger charge is -2.08. The molecule has 1 aromatic carbocycles. The first kappa shape index (κ1) is 22.7. The van der Waals surface area contributed by atoms with E-state index in [1.807, 2.05) is 0 Å². The molecule has 158 valence electrons. The Labute approximate surface area is 172 Å². The molecule has 10 nitrogen and oxygen atoms in total. The van der Waals surface area contributed by atoms with Gasteiger partial charge in [-0.15, -0.1) is 10.2 Å². The van der Waals surface area contributed by atoms with Gasteiger partial charge in [0.15, 0.2) is 0 Å². The molecule has 0 aliphatic rings. The lowest BCUT2D eigenvalue weighted by molar-refractivity contribution is -0.129. The van der Waals surface area contributed by atoms with Gasteiger partial charge in [-0.05, 0) is 44.0 Å². The number of benzene rings is 1. The summed E-state index contributed by atoms with van der Waals surface area (Å²) >= 11 is 1.14. The molecule has 0 radical (unpaired) electrons. The van der Waals surface area contributed by atoms with Crippen LogP contribution in [0.15, 0.2) is 29.2 Å². The number of aryl methyl sites for hydroxylation is 1. The molecule has 2 aromatic rings. The van der Waals surface area contributed by atoms with E-state index in [1.54, 1.807) is 12.4 Å². The zero-order chi connectivity index (χ0) is 21.3. The third-order valence-electron chi connectivity index (χ3n) is 3.88. The van der Waals surface area contributed by atoms with Crippen molar-refractivity contribution in [2.45, 2.75) is 50.3 Å². The number of rotatable bonds is 11. The van der Waals surface area contributed by atoms with Crippen LogP contribution in [0.1, 0.15) is 43.5 Å². The highest BCUT2D eigenvalue weighted by Gasteiger charge is 2.16. The van der Waals surface area contributed by atoms with E-state index < -0.39 is 15.9 Å². The fourth-order valence-electron chi connectivity index (χ4n) is 2.43. The Hall–Kier alpha value is -2.57.